The molecule has 0 aromatic heterocycles. The Kier molecular flexibility index (Phi) is 13.9. The molecule has 0 radical (unpaired) electrons. The molecule has 2 amide bonds. The Labute approximate surface area is 117 Å². The summed E-state index contributed by atoms with van der Waals surface area (Å²) in [6.45, 7) is 10.3. The molecule has 1 aliphatic rings. The van der Waals surface area contributed by atoms with Crippen molar-refractivity contribution in [3.63, 3.8) is 0 Å². The van der Waals surface area contributed by atoms with Crippen LogP contribution < -0.4 is 0 Å². The first kappa shape index (κ1) is 20.1. The van der Waals surface area contributed by atoms with Gasteiger partial charge in [-0.25, -0.2) is 4.79 Å². The minimum atomic E-state index is -0.198. The van der Waals surface area contributed by atoms with Crippen LogP contribution in [0.15, 0.2) is 0 Å². The van der Waals surface area contributed by atoms with Gasteiger partial charge < -0.3 is 14.5 Å². The van der Waals surface area contributed by atoms with Crippen LogP contribution in [0, 0.1) is 0 Å². The minimum Gasteiger partial charge on any atom is -0.449 e. The molecule has 0 spiro atoms. The van der Waals surface area contributed by atoms with E-state index in [0.717, 1.165) is 25.9 Å². The van der Waals surface area contributed by atoms with Crippen molar-refractivity contribution in [3.8, 4) is 0 Å². The number of amides is 2. The second-order valence-corrected chi connectivity index (χ2v) is 4.06. The van der Waals surface area contributed by atoms with Crippen molar-refractivity contribution < 1.29 is 14.3 Å². The molecular weight excluding hydrogens is 244 g/mol. The molecule has 114 valence electrons. The first-order valence-corrected chi connectivity index (χ1v) is 7.14. The van der Waals surface area contributed by atoms with Gasteiger partial charge in [0, 0.05) is 33.6 Å². The van der Waals surface area contributed by atoms with Gasteiger partial charge in [0.1, 0.15) is 0 Å². The largest absolute Gasteiger partial charge is 0.449 e. The molecule has 0 saturated carbocycles. The standard InChI is InChI=1S/C7H15NO.C5H9NO2.C2H6/c1-4-6-8(3)7(9)5-2;1-6-3-2-4-8-5(6)7;1-2/h4-6H2,1-3H3;2-4H2,1H3;1-2H3. The zero-order chi connectivity index (χ0) is 15.3. The minimum absolute atomic E-state index is 0.198. The van der Waals surface area contributed by atoms with E-state index in [4.69, 9.17) is 0 Å². The summed E-state index contributed by atoms with van der Waals surface area (Å²) in [5.41, 5.74) is 0. The average Bonchev–Trinajstić information content (AvgIpc) is 2.44. The van der Waals surface area contributed by atoms with Crippen LogP contribution in [0.25, 0.3) is 0 Å². The predicted octanol–water partition coefficient (Wildman–Crippen LogP) is 2.75. The van der Waals surface area contributed by atoms with Crippen molar-refractivity contribution in [2.24, 2.45) is 0 Å². The maximum Gasteiger partial charge on any atom is 0.409 e. The van der Waals surface area contributed by atoms with Crippen LogP contribution in [0.2, 0.25) is 0 Å². The van der Waals surface area contributed by atoms with E-state index in [1.54, 1.807) is 16.8 Å². The van der Waals surface area contributed by atoms with Crippen LogP contribution in [0.5, 0.6) is 0 Å². The Hall–Kier alpha value is -1.26. The highest BCUT2D eigenvalue weighted by molar-refractivity contribution is 5.75. The van der Waals surface area contributed by atoms with Crippen molar-refractivity contribution >= 4 is 12.0 Å². The van der Waals surface area contributed by atoms with E-state index in [9.17, 15) is 9.59 Å². The molecule has 5 nitrogen and oxygen atoms in total. The SMILES string of the molecule is CC.CCCN(C)C(=O)CC.CN1CCCOC1=O. The smallest absolute Gasteiger partial charge is 0.409 e. The lowest BCUT2D eigenvalue weighted by Crippen LogP contribution is -2.33. The Morgan fingerprint density at radius 2 is 1.95 bits per heavy atom. The zero-order valence-electron chi connectivity index (χ0n) is 13.4. The molecule has 0 atom stereocenters. The molecule has 1 rings (SSSR count). The summed E-state index contributed by atoms with van der Waals surface area (Å²) in [6.07, 6.45) is 2.43. The van der Waals surface area contributed by atoms with E-state index in [1.807, 2.05) is 27.8 Å². The Morgan fingerprint density at radius 1 is 1.37 bits per heavy atom. The quantitative estimate of drug-likeness (QED) is 0.795. The third-order valence-electron chi connectivity index (χ3n) is 2.46. The maximum absolute atomic E-state index is 10.8. The highest BCUT2D eigenvalue weighted by atomic mass is 16.6. The van der Waals surface area contributed by atoms with Crippen molar-refractivity contribution in [2.75, 3.05) is 33.8 Å². The molecule has 19 heavy (non-hydrogen) atoms. The lowest BCUT2D eigenvalue weighted by Gasteiger charge is -2.21. The highest BCUT2D eigenvalue weighted by Crippen LogP contribution is 1.99. The first-order chi connectivity index (χ1) is 9.02. The summed E-state index contributed by atoms with van der Waals surface area (Å²) >= 11 is 0. The van der Waals surface area contributed by atoms with Gasteiger partial charge >= 0.3 is 6.09 Å². The van der Waals surface area contributed by atoms with E-state index in [2.05, 4.69) is 11.7 Å². The summed E-state index contributed by atoms with van der Waals surface area (Å²) < 4.78 is 4.68. The second kappa shape index (κ2) is 13.2. The monoisotopic (exact) mass is 274 g/mol. The van der Waals surface area contributed by atoms with Gasteiger partial charge in [-0.15, -0.1) is 0 Å². The van der Waals surface area contributed by atoms with Crippen LogP contribution in [-0.2, 0) is 9.53 Å². The van der Waals surface area contributed by atoms with Gasteiger partial charge in [-0.3, -0.25) is 4.79 Å². The fourth-order valence-electron chi connectivity index (χ4n) is 1.39. The number of nitrogens with zero attached hydrogens (tertiary/aromatic N) is 2. The fraction of sp³-hybridized carbons (Fsp3) is 0.857. The number of cyclic esters (lactones) is 1. The summed E-state index contributed by atoms with van der Waals surface area (Å²) in [4.78, 5) is 24.7. The van der Waals surface area contributed by atoms with E-state index in [0.29, 0.717) is 13.0 Å². The zero-order valence-corrected chi connectivity index (χ0v) is 13.4. The molecule has 1 saturated heterocycles. The topological polar surface area (TPSA) is 49.9 Å². The molecule has 0 N–H and O–H groups in total. The van der Waals surface area contributed by atoms with Gasteiger partial charge in [-0.2, -0.15) is 0 Å². The summed E-state index contributed by atoms with van der Waals surface area (Å²) in [5, 5.41) is 0. The van der Waals surface area contributed by atoms with E-state index >= 15 is 0 Å². The van der Waals surface area contributed by atoms with Crippen molar-refractivity contribution in [2.45, 2.75) is 47.0 Å². The first-order valence-electron chi connectivity index (χ1n) is 7.14. The van der Waals surface area contributed by atoms with Crippen LogP contribution in [-0.4, -0.2) is 55.6 Å². The second-order valence-electron chi connectivity index (χ2n) is 4.06. The lowest BCUT2D eigenvalue weighted by atomic mass is 10.4. The Bertz CT molecular complexity index is 245. The number of hydrogen-bond acceptors (Lipinski definition) is 3. The molecule has 1 heterocycles. The maximum atomic E-state index is 10.8. The normalized spacial score (nSPS) is 13.4. The lowest BCUT2D eigenvalue weighted by molar-refractivity contribution is -0.129. The number of rotatable bonds is 3. The molecule has 1 aliphatic heterocycles. The van der Waals surface area contributed by atoms with Gasteiger partial charge in [-0.1, -0.05) is 27.7 Å². The molecule has 5 heteroatoms. The van der Waals surface area contributed by atoms with Crippen LogP contribution in [0.1, 0.15) is 47.0 Å². The van der Waals surface area contributed by atoms with Crippen molar-refractivity contribution in [1.82, 2.24) is 9.80 Å². The number of carbonyl (C=O) groups excluding carboxylic acids is 2. The third-order valence-corrected chi connectivity index (χ3v) is 2.46. The number of hydrogen-bond donors (Lipinski definition) is 0. The van der Waals surface area contributed by atoms with Gasteiger partial charge in [0.15, 0.2) is 0 Å². The molecule has 0 aromatic rings. The van der Waals surface area contributed by atoms with Crippen molar-refractivity contribution in [3.05, 3.63) is 0 Å². The molecule has 0 aliphatic carbocycles. The summed E-state index contributed by atoms with van der Waals surface area (Å²) in [7, 11) is 3.58. The van der Waals surface area contributed by atoms with E-state index < -0.39 is 0 Å². The third kappa shape index (κ3) is 10.4. The molecule has 1 fully saturated rings. The van der Waals surface area contributed by atoms with E-state index in [-0.39, 0.29) is 12.0 Å². The summed E-state index contributed by atoms with van der Waals surface area (Å²) in [6, 6.07) is 0. The van der Waals surface area contributed by atoms with Crippen LogP contribution in [0.4, 0.5) is 4.79 Å². The molecule has 0 bridgehead atoms. The van der Waals surface area contributed by atoms with Gasteiger partial charge in [0.05, 0.1) is 6.61 Å². The fourth-order valence-corrected chi connectivity index (χ4v) is 1.39. The van der Waals surface area contributed by atoms with Crippen molar-refractivity contribution in [1.29, 1.82) is 0 Å². The van der Waals surface area contributed by atoms with Gasteiger partial charge in [-0.05, 0) is 12.8 Å². The number of carbonyl (C=O) groups is 2. The van der Waals surface area contributed by atoms with Crippen LogP contribution in [0.3, 0.4) is 0 Å². The summed E-state index contributed by atoms with van der Waals surface area (Å²) in [5.74, 6) is 0.233. The van der Waals surface area contributed by atoms with Crippen LogP contribution >= 0.6 is 0 Å². The Balaban J connectivity index is 0. The average molecular weight is 274 g/mol. The molecule has 0 aromatic carbocycles. The molecule has 0 unspecified atom stereocenters. The Morgan fingerprint density at radius 3 is 2.26 bits per heavy atom. The van der Waals surface area contributed by atoms with Gasteiger partial charge in [0.25, 0.3) is 0 Å². The molecular formula is C14H30N2O3. The van der Waals surface area contributed by atoms with E-state index in [1.165, 1.54) is 0 Å². The number of ether oxygens (including phenoxy) is 1. The predicted molar refractivity (Wildman–Crippen MR) is 78.2 cm³/mol. The van der Waals surface area contributed by atoms with Gasteiger partial charge in [0.2, 0.25) is 5.91 Å². The highest BCUT2D eigenvalue weighted by Gasteiger charge is 2.13.